The first-order valence-electron chi connectivity index (χ1n) is 8.29. The van der Waals surface area contributed by atoms with Crippen molar-refractivity contribution in [1.29, 1.82) is 0 Å². The van der Waals surface area contributed by atoms with E-state index in [9.17, 15) is 13.5 Å². The molecular weight excluding hydrogens is 370 g/mol. The number of aliphatic hydroxyl groups excluding tert-OH is 1. The van der Waals surface area contributed by atoms with Gasteiger partial charge in [0.1, 0.15) is 0 Å². The summed E-state index contributed by atoms with van der Waals surface area (Å²) in [4.78, 5) is 4.61. The summed E-state index contributed by atoms with van der Waals surface area (Å²) >= 11 is 1.45. The summed E-state index contributed by atoms with van der Waals surface area (Å²) in [5, 5.41) is 16.3. The minimum atomic E-state index is -3.77. The van der Waals surface area contributed by atoms with Gasteiger partial charge in [0.15, 0.2) is 5.16 Å². The fourth-order valence-corrected chi connectivity index (χ4v) is 4.28. The molecule has 1 heterocycles. The maximum absolute atomic E-state index is 11.6. The summed E-state index contributed by atoms with van der Waals surface area (Å²) in [5.41, 5.74) is 2.30. The van der Waals surface area contributed by atoms with Crippen LogP contribution >= 0.6 is 11.8 Å². The van der Waals surface area contributed by atoms with Crippen molar-refractivity contribution in [3.63, 3.8) is 0 Å². The zero-order valence-corrected chi connectivity index (χ0v) is 16.0. The summed E-state index contributed by atoms with van der Waals surface area (Å²) < 4.78 is 25.2. The van der Waals surface area contributed by atoms with Crippen molar-refractivity contribution in [2.45, 2.75) is 36.0 Å². The van der Waals surface area contributed by atoms with Crippen LogP contribution in [0, 0.1) is 0 Å². The van der Waals surface area contributed by atoms with Crippen LogP contribution in [0.4, 0.5) is 0 Å². The zero-order valence-electron chi connectivity index (χ0n) is 14.4. The Balaban J connectivity index is 1.90. The average molecular weight is 392 g/mol. The molecule has 26 heavy (non-hydrogen) atoms. The quantitative estimate of drug-likeness (QED) is 0.604. The number of nitrogens with zero attached hydrogens (tertiary/aromatic N) is 2. The van der Waals surface area contributed by atoms with Crippen LogP contribution < -0.4 is 5.14 Å². The molecule has 0 aliphatic heterocycles. The molecule has 0 spiro atoms. The molecule has 1 unspecified atom stereocenters. The van der Waals surface area contributed by atoms with E-state index in [0.29, 0.717) is 11.3 Å². The van der Waals surface area contributed by atoms with E-state index < -0.39 is 16.1 Å². The molecule has 0 saturated heterocycles. The number of thioether (sulfide) groups is 1. The number of rotatable bonds is 7. The number of nitrogens with two attached hydrogens (primary N) is 1. The Bertz CT molecular complexity index is 1000. The largest absolute Gasteiger partial charge is 0.388 e. The zero-order chi connectivity index (χ0) is 18.7. The van der Waals surface area contributed by atoms with Crippen molar-refractivity contribution in [2.24, 2.45) is 5.14 Å². The predicted octanol–water partition coefficient (Wildman–Crippen LogP) is 2.92. The van der Waals surface area contributed by atoms with E-state index in [-0.39, 0.29) is 4.90 Å². The van der Waals surface area contributed by atoms with E-state index in [4.69, 9.17) is 5.14 Å². The number of aryl methyl sites for hydroxylation is 1. The van der Waals surface area contributed by atoms with Gasteiger partial charge in [-0.1, -0.05) is 49.0 Å². The van der Waals surface area contributed by atoms with Crippen LogP contribution in [0.15, 0.2) is 58.6 Å². The Morgan fingerprint density at radius 3 is 2.62 bits per heavy atom. The highest BCUT2D eigenvalue weighted by atomic mass is 32.2. The number of sulfonamides is 1. The highest BCUT2D eigenvalue weighted by molar-refractivity contribution is 7.99. The number of fused-ring (bicyclic) bond motifs is 1. The van der Waals surface area contributed by atoms with Gasteiger partial charge < -0.3 is 9.67 Å². The molecule has 3 N–H and O–H groups in total. The van der Waals surface area contributed by atoms with Gasteiger partial charge in [-0.25, -0.2) is 18.5 Å². The average Bonchev–Trinajstić information content (AvgIpc) is 2.97. The fraction of sp³-hybridized carbons (Fsp3) is 0.278. The van der Waals surface area contributed by atoms with Gasteiger partial charge in [0.05, 0.1) is 22.0 Å². The van der Waals surface area contributed by atoms with Crippen LogP contribution in [0.25, 0.3) is 11.0 Å². The van der Waals surface area contributed by atoms with Crippen molar-refractivity contribution in [3.05, 3.63) is 54.1 Å². The molecule has 0 radical (unpaired) electrons. The van der Waals surface area contributed by atoms with Gasteiger partial charge in [0, 0.05) is 12.3 Å². The van der Waals surface area contributed by atoms with Crippen molar-refractivity contribution in [2.75, 3.05) is 5.75 Å². The monoisotopic (exact) mass is 391 g/mol. The molecule has 1 aromatic heterocycles. The third-order valence-electron chi connectivity index (χ3n) is 4.02. The Kier molecular flexibility index (Phi) is 5.67. The first-order valence-corrected chi connectivity index (χ1v) is 10.8. The van der Waals surface area contributed by atoms with Gasteiger partial charge in [-0.3, -0.25) is 0 Å². The molecule has 6 nitrogen and oxygen atoms in total. The van der Waals surface area contributed by atoms with Crippen LogP contribution in [0.1, 0.15) is 25.0 Å². The van der Waals surface area contributed by atoms with Gasteiger partial charge in [-0.05, 0) is 30.2 Å². The minimum absolute atomic E-state index is 0.0482. The summed E-state index contributed by atoms with van der Waals surface area (Å²) in [6.07, 6.45) is 0.313. The molecule has 138 valence electrons. The molecule has 0 fully saturated rings. The van der Waals surface area contributed by atoms with Gasteiger partial charge in [0.2, 0.25) is 10.0 Å². The lowest BCUT2D eigenvalue weighted by Crippen LogP contribution is -2.11. The number of hydrogen-bond donors (Lipinski definition) is 2. The highest BCUT2D eigenvalue weighted by Gasteiger charge is 2.16. The Morgan fingerprint density at radius 1 is 1.23 bits per heavy atom. The van der Waals surface area contributed by atoms with Crippen molar-refractivity contribution in [1.82, 2.24) is 9.55 Å². The lowest BCUT2D eigenvalue weighted by Gasteiger charge is -2.11. The van der Waals surface area contributed by atoms with Crippen molar-refractivity contribution >= 4 is 32.8 Å². The summed E-state index contributed by atoms with van der Waals surface area (Å²) in [6, 6.07) is 14.2. The minimum Gasteiger partial charge on any atom is -0.388 e. The molecule has 0 aliphatic carbocycles. The van der Waals surface area contributed by atoms with Crippen LogP contribution in [0.3, 0.4) is 0 Å². The predicted molar refractivity (Wildman–Crippen MR) is 104 cm³/mol. The lowest BCUT2D eigenvalue weighted by molar-refractivity contribution is 0.204. The van der Waals surface area contributed by atoms with Gasteiger partial charge in [0.25, 0.3) is 0 Å². The summed E-state index contributed by atoms with van der Waals surface area (Å²) in [6.45, 7) is 2.83. The van der Waals surface area contributed by atoms with E-state index in [1.807, 2.05) is 34.9 Å². The SMILES string of the molecule is CCCn1c(SCC(O)c2ccccc2)nc2cc(S(N)(=O)=O)ccc21. The van der Waals surface area contributed by atoms with Crippen LogP contribution in [-0.4, -0.2) is 28.8 Å². The van der Waals surface area contributed by atoms with Crippen LogP contribution in [-0.2, 0) is 16.6 Å². The second-order valence-corrected chi connectivity index (χ2v) is 8.53. The molecule has 0 bridgehead atoms. The number of aromatic nitrogens is 2. The molecule has 0 saturated carbocycles. The number of benzene rings is 2. The Hall–Kier alpha value is -1.87. The molecule has 8 heteroatoms. The molecule has 3 rings (SSSR count). The van der Waals surface area contributed by atoms with Gasteiger partial charge in [-0.2, -0.15) is 0 Å². The van der Waals surface area contributed by atoms with E-state index in [0.717, 1.165) is 29.2 Å². The van der Waals surface area contributed by atoms with Crippen LogP contribution in [0.2, 0.25) is 0 Å². The van der Waals surface area contributed by atoms with Crippen molar-refractivity contribution in [3.8, 4) is 0 Å². The first-order chi connectivity index (χ1) is 12.4. The fourth-order valence-electron chi connectivity index (χ4n) is 2.74. The first kappa shape index (κ1) is 18.9. The van der Waals surface area contributed by atoms with E-state index in [1.54, 1.807) is 6.07 Å². The second kappa shape index (κ2) is 7.79. The Morgan fingerprint density at radius 2 is 1.96 bits per heavy atom. The topological polar surface area (TPSA) is 98.2 Å². The van der Waals surface area contributed by atoms with Gasteiger partial charge >= 0.3 is 0 Å². The molecule has 2 aromatic carbocycles. The smallest absolute Gasteiger partial charge is 0.238 e. The number of primary sulfonamides is 1. The van der Waals surface area contributed by atoms with E-state index in [2.05, 4.69) is 11.9 Å². The number of imidazole rings is 1. The van der Waals surface area contributed by atoms with Crippen molar-refractivity contribution < 1.29 is 13.5 Å². The highest BCUT2D eigenvalue weighted by Crippen LogP contribution is 2.29. The maximum Gasteiger partial charge on any atom is 0.238 e. The van der Waals surface area contributed by atoms with E-state index in [1.165, 1.54) is 23.9 Å². The molecule has 3 aromatic rings. The van der Waals surface area contributed by atoms with E-state index >= 15 is 0 Å². The maximum atomic E-state index is 11.6. The third-order valence-corrected chi connectivity index (χ3v) is 5.98. The Labute approximate surface area is 157 Å². The normalized spacial score (nSPS) is 13.2. The standard InChI is InChI=1S/C18H21N3O3S2/c1-2-10-21-16-9-8-14(26(19,23)24)11-15(16)20-18(21)25-12-17(22)13-6-4-3-5-7-13/h3-9,11,17,22H,2,10,12H2,1H3,(H2,19,23,24). The third kappa shape index (κ3) is 4.09. The molecule has 0 aliphatic rings. The lowest BCUT2D eigenvalue weighted by atomic mass is 10.1. The molecule has 1 atom stereocenters. The van der Waals surface area contributed by atoms with Crippen LogP contribution in [0.5, 0.6) is 0 Å². The summed E-state index contributed by atoms with van der Waals surface area (Å²) in [5.74, 6) is 0.457. The van der Waals surface area contributed by atoms with Gasteiger partial charge in [-0.15, -0.1) is 0 Å². The second-order valence-electron chi connectivity index (χ2n) is 5.98. The molecular formula is C18H21N3O3S2. The number of hydrogen-bond acceptors (Lipinski definition) is 5. The summed E-state index contributed by atoms with van der Waals surface area (Å²) in [7, 11) is -3.77. The molecule has 0 amide bonds. The number of aliphatic hydroxyl groups is 1.